The highest BCUT2D eigenvalue weighted by molar-refractivity contribution is 7.91. The van der Waals surface area contributed by atoms with Crippen molar-refractivity contribution in [3.8, 4) is 11.5 Å². The maximum absolute atomic E-state index is 13.0. The van der Waals surface area contributed by atoms with Crippen molar-refractivity contribution in [2.45, 2.75) is 25.9 Å². The lowest BCUT2D eigenvalue weighted by atomic mass is 10.1. The van der Waals surface area contributed by atoms with Crippen LogP contribution in [0.4, 0.5) is 0 Å². The molecule has 1 fully saturated rings. The van der Waals surface area contributed by atoms with Gasteiger partial charge in [-0.2, -0.15) is 0 Å². The van der Waals surface area contributed by atoms with Gasteiger partial charge >= 0.3 is 0 Å². The van der Waals surface area contributed by atoms with Crippen LogP contribution in [0.3, 0.4) is 0 Å². The van der Waals surface area contributed by atoms with Gasteiger partial charge in [-0.15, -0.1) is 0 Å². The molecule has 1 amide bonds. The molecule has 0 aromatic heterocycles. The standard InChI is InChI=1S/C21H24ClNO5S/c1-15-11-17(22)5-8-20(15)28-13-21(24)23(18-9-10-29(25,26)14-18)12-16-3-6-19(27-2)7-4-16/h3-8,11,18H,9-10,12-14H2,1-2H3/t18-/m1/s1. The van der Waals surface area contributed by atoms with Gasteiger partial charge in [0.1, 0.15) is 11.5 Å². The van der Waals surface area contributed by atoms with Crippen LogP contribution >= 0.6 is 11.6 Å². The maximum Gasteiger partial charge on any atom is 0.261 e. The summed E-state index contributed by atoms with van der Waals surface area (Å²) in [4.78, 5) is 14.6. The number of rotatable bonds is 7. The number of methoxy groups -OCH3 is 1. The van der Waals surface area contributed by atoms with E-state index in [4.69, 9.17) is 21.1 Å². The van der Waals surface area contributed by atoms with Crippen LogP contribution in [0.2, 0.25) is 5.02 Å². The minimum Gasteiger partial charge on any atom is -0.497 e. The Morgan fingerprint density at radius 2 is 1.93 bits per heavy atom. The van der Waals surface area contributed by atoms with Crippen LogP contribution < -0.4 is 9.47 Å². The third-order valence-electron chi connectivity index (χ3n) is 4.97. The maximum atomic E-state index is 13.0. The van der Waals surface area contributed by atoms with E-state index in [1.54, 1.807) is 30.2 Å². The van der Waals surface area contributed by atoms with Crippen LogP contribution in [0.15, 0.2) is 42.5 Å². The van der Waals surface area contributed by atoms with Gasteiger partial charge in [0.05, 0.1) is 18.6 Å². The van der Waals surface area contributed by atoms with Gasteiger partial charge in [0, 0.05) is 17.6 Å². The van der Waals surface area contributed by atoms with Crippen molar-refractivity contribution in [1.82, 2.24) is 4.90 Å². The van der Waals surface area contributed by atoms with Crippen molar-refractivity contribution in [1.29, 1.82) is 0 Å². The molecule has 1 atom stereocenters. The Morgan fingerprint density at radius 1 is 1.21 bits per heavy atom. The fourth-order valence-electron chi connectivity index (χ4n) is 3.37. The predicted molar refractivity (Wildman–Crippen MR) is 112 cm³/mol. The van der Waals surface area contributed by atoms with Gasteiger partial charge in [0.15, 0.2) is 16.4 Å². The zero-order valence-electron chi connectivity index (χ0n) is 16.4. The molecule has 0 saturated carbocycles. The van der Waals surface area contributed by atoms with Crippen molar-refractivity contribution < 1.29 is 22.7 Å². The van der Waals surface area contributed by atoms with Gasteiger partial charge in [-0.25, -0.2) is 8.42 Å². The van der Waals surface area contributed by atoms with Crippen LogP contribution in [0, 0.1) is 6.92 Å². The van der Waals surface area contributed by atoms with Gasteiger partial charge in [-0.05, 0) is 54.8 Å². The lowest BCUT2D eigenvalue weighted by Gasteiger charge is -2.28. The van der Waals surface area contributed by atoms with Gasteiger partial charge in [0.2, 0.25) is 0 Å². The number of aryl methyl sites for hydroxylation is 1. The number of halogens is 1. The number of ether oxygens (including phenoxy) is 2. The molecule has 2 aromatic rings. The molecule has 0 aliphatic carbocycles. The van der Waals surface area contributed by atoms with Crippen molar-refractivity contribution in [3.63, 3.8) is 0 Å². The van der Waals surface area contributed by atoms with Crippen LogP contribution in [0.25, 0.3) is 0 Å². The molecule has 0 bridgehead atoms. The summed E-state index contributed by atoms with van der Waals surface area (Å²) in [6, 6.07) is 12.2. The van der Waals surface area contributed by atoms with Crippen molar-refractivity contribution in [2.24, 2.45) is 0 Å². The second-order valence-corrected chi connectivity index (χ2v) is 9.79. The van der Waals surface area contributed by atoms with Gasteiger partial charge < -0.3 is 14.4 Å². The van der Waals surface area contributed by atoms with Gasteiger partial charge in [-0.3, -0.25) is 4.79 Å². The quantitative estimate of drug-likeness (QED) is 0.664. The Balaban J connectivity index is 1.75. The molecule has 29 heavy (non-hydrogen) atoms. The van der Waals surface area contributed by atoms with E-state index >= 15 is 0 Å². The third kappa shape index (κ3) is 5.64. The van der Waals surface area contributed by atoms with Gasteiger partial charge in [-0.1, -0.05) is 23.7 Å². The second-order valence-electron chi connectivity index (χ2n) is 7.13. The zero-order chi connectivity index (χ0) is 21.0. The molecule has 6 nitrogen and oxygen atoms in total. The Hall–Kier alpha value is -2.25. The minimum atomic E-state index is -3.12. The number of carbonyl (C=O) groups is 1. The minimum absolute atomic E-state index is 0.0190. The highest BCUT2D eigenvalue weighted by Crippen LogP contribution is 2.24. The summed E-state index contributed by atoms with van der Waals surface area (Å²) in [5.41, 5.74) is 1.72. The van der Waals surface area contributed by atoms with Crippen LogP contribution in [0.1, 0.15) is 17.5 Å². The Kier molecular flexibility index (Phi) is 6.70. The first-order chi connectivity index (χ1) is 13.8. The first-order valence-corrected chi connectivity index (χ1v) is 11.5. The molecular weight excluding hydrogens is 414 g/mol. The van der Waals surface area contributed by atoms with E-state index in [1.807, 2.05) is 31.2 Å². The molecule has 1 saturated heterocycles. The Labute approximate surface area is 176 Å². The van der Waals surface area contributed by atoms with E-state index in [1.165, 1.54) is 0 Å². The van der Waals surface area contributed by atoms with Crippen LogP contribution in [-0.2, 0) is 21.2 Å². The fraction of sp³-hybridized carbons (Fsp3) is 0.381. The monoisotopic (exact) mass is 437 g/mol. The number of benzene rings is 2. The van der Waals surface area contributed by atoms with Crippen LogP contribution in [-0.4, -0.2) is 50.5 Å². The van der Waals surface area contributed by atoms with Gasteiger partial charge in [0.25, 0.3) is 5.91 Å². The van der Waals surface area contributed by atoms with E-state index in [0.29, 0.717) is 23.7 Å². The molecule has 0 spiro atoms. The summed E-state index contributed by atoms with van der Waals surface area (Å²) >= 11 is 5.96. The first kappa shape index (κ1) is 21.5. The largest absolute Gasteiger partial charge is 0.497 e. The molecule has 3 rings (SSSR count). The lowest BCUT2D eigenvalue weighted by Crippen LogP contribution is -2.43. The smallest absolute Gasteiger partial charge is 0.261 e. The number of amides is 1. The molecular formula is C21H24ClNO5S. The lowest BCUT2D eigenvalue weighted by molar-refractivity contribution is -0.136. The fourth-order valence-corrected chi connectivity index (χ4v) is 5.32. The first-order valence-electron chi connectivity index (χ1n) is 9.29. The number of sulfone groups is 1. The van der Waals surface area contributed by atoms with Crippen molar-refractivity contribution >= 4 is 27.3 Å². The third-order valence-corrected chi connectivity index (χ3v) is 6.96. The summed E-state index contributed by atoms with van der Waals surface area (Å²) in [5.74, 6) is 1.12. The van der Waals surface area contributed by atoms with Crippen molar-refractivity contribution in [3.05, 3.63) is 58.6 Å². The summed E-state index contributed by atoms with van der Waals surface area (Å²) in [7, 11) is -1.54. The second kappa shape index (κ2) is 9.05. The molecule has 0 radical (unpaired) electrons. The molecule has 2 aromatic carbocycles. The highest BCUT2D eigenvalue weighted by Gasteiger charge is 2.34. The van der Waals surface area contributed by atoms with E-state index in [2.05, 4.69) is 0 Å². The number of hydrogen-bond donors (Lipinski definition) is 0. The van der Waals surface area contributed by atoms with Crippen molar-refractivity contribution in [2.75, 3.05) is 25.2 Å². The zero-order valence-corrected chi connectivity index (χ0v) is 18.0. The Morgan fingerprint density at radius 3 is 2.52 bits per heavy atom. The highest BCUT2D eigenvalue weighted by atomic mass is 35.5. The van der Waals surface area contributed by atoms with E-state index in [-0.39, 0.29) is 30.1 Å². The van der Waals surface area contributed by atoms with E-state index in [0.717, 1.165) is 16.9 Å². The van der Waals surface area contributed by atoms with Crippen LogP contribution in [0.5, 0.6) is 11.5 Å². The predicted octanol–water partition coefficient (Wildman–Crippen LogP) is 3.25. The molecule has 0 N–H and O–H groups in total. The topological polar surface area (TPSA) is 72.9 Å². The molecule has 0 unspecified atom stereocenters. The number of carbonyl (C=O) groups excluding carboxylic acids is 1. The summed E-state index contributed by atoms with van der Waals surface area (Å²) in [5, 5.41) is 0.596. The Bertz CT molecular complexity index is 975. The summed E-state index contributed by atoms with van der Waals surface area (Å²) in [6.07, 6.45) is 0.435. The normalized spacial score (nSPS) is 17.7. The van der Waals surface area contributed by atoms with E-state index in [9.17, 15) is 13.2 Å². The van der Waals surface area contributed by atoms with E-state index < -0.39 is 9.84 Å². The average Bonchev–Trinajstić information content (AvgIpc) is 3.05. The number of nitrogens with zero attached hydrogens (tertiary/aromatic N) is 1. The molecule has 1 aliphatic rings. The molecule has 156 valence electrons. The summed E-state index contributed by atoms with van der Waals surface area (Å²) in [6.45, 7) is 1.99. The summed E-state index contributed by atoms with van der Waals surface area (Å²) < 4.78 is 34.8. The molecule has 1 aliphatic heterocycles. The number of hydrogen-bond acceptors (Lipinski definition) is 5. The average molecular weight is 438 g/mol. The molecule has 1 heterocycles. The molecule has 8 heteroatoms. The SMILES string of the molecule is COc1ccc(CN(C(=O)COc2ccc(Cl)cc2C)[C@@H]2CCS(=O)(=O)C2)cc1.